The molecule has 15 heavy (non-hydrogen) atoms. The van der Waals surface area contributed by atoms with E-state index < -0.39 is 18.8 Å². The first-order chi connectivity index (χ1) is 7.24. The molecule has 1 rings (SSSR count). The van der Waals surface area contributed by atoms with Gasteiger partial charge >= 0.3 is 0 Å². The molecule has 84 valence electrons. The number of hydrogen-bond acceptors (Lipinski definition) is 4. The van der Waals surface area contributed by atoms with Gasteiger partial charge in [0.2, 0.25) is 0 Å². The van der Waals surface area contributed by atoms with Crippen molar-refractivity contribution in [2.45, 2.75) is 18.8 Å². The van der Waals surface area contributed by atoms with Gasteiger partial charge in [-0.05, 0) is 5.56 Å². The maximum absolute atomic E-state index is 9.26. The first kappa shape index (κ1) is 12.1. The minimum absolute atomic E-state index is 0.0105. The van der Waals surface area contributed by atoms with E-state index in [2.05, 4.69) is 0 Å². The summed E-state index contributed by atoms with van der Waals surface area (Å²) in [7, 11) is 0. The maximum Gasteiger partial charge on any atom is 0.105 e. The van der Waals surface area contributed by atoms with Gasteiger partial charge in [0.1, 0.15) is 12.2 Å². The summed E-state index contributed by atoms with van der Waals surface area (Å²) in [6.07, 6.45) is -2.18. The van der Waals surface area contributed by atoms with Crippen molar-refractivity contribution in [2.75, 3.05) is 13.2 Å². The number of rotatable bonds is 6. The Balaban J connectivity index is 2.22. The summed E-state index contributed by atoms with van der Waals surface area (Å²) in [6.45, 7) is -0.0669. The van der Waals surface area contributed by atoms with E-state index in [9.17, 15) is 5.11 Å². The van der Waals surface area contributed by atoms with Crippen LogP contribution in [0, 0.1) is 0 Å². The molecule has 0 aliphatic carbocycles. The van der Waals surface area contributed by atoms with Crippen molar-refractivity contribution < 1.29 is 20.1 Å². The third-order valence-corrected chi connectivity index (χ3v) is 2.03. The minimum atomic E-state index is -1.14. The van der Waals surface area contributed by atoms with E-state index in [1.54, 1.807) is 0 Å². The van der Waals surface area contributed by atoms with Crippen molar-refractivity contribution in [3.8, 4) is 0 Å². The molecule has 0 saturated heterocycles. The van der Waals surface area contributed by atoms with Crippen molar-refractivity contribution in [1.29, 1.82) is 0 Å². The summed E-state index contributed by atoms with van der Waals surface area (Å²) in [5.41, 5.74) is 1.00. The van der Waals surface area contributed by atoms with Gasteiger partial charge in [0.05, 0.1) is 19.8 Å². The number of ether oxygens (including phenoxy) is 1. The molecule has 0 spiro atoms. The van der Waals surface area contributed by atoms with Gasteiger partial charge in [0.15, 0.2) is 0 Å². The lowest BCUT2D eigenvalue weighted by Crippen LogP contribution is -2.33. The Morgan fingerprint density at radius 2 is 1.73 bits per heavy atom. The average molecular weight is 212 g/mol. The predicted molar refractivity (Wildman–Crippen MR) is 55.2 cm³/mol. The fraction of sp³-hybridized carbons (Fsp3) is 0.455. The van der Waals surface area contributed by atoms with Crippen LogP contribution in [0.2, 0.25) is 0 Å². The molecule has 0 fully saturated rings. The summed E-state index contributed by atoms with van der Waals surface area (Å²) >= 11 is 0. The second-order valence-electron chi connectivity index (χ2n) is 3.32. The van der Waals surface area contributed by atoms with Gasteiger partial charge in [-0.1, -0.05) is 30.3 Å². The van der Waals surface area contributed by atoms with E-state index in [0.29, 0.717) is 6.61 Å². The van der Waals surface area contributed by atoms with Crippen molar-refractivity contribution in [3.05, 3.63) is 35.9 Å². The highest BCUT2D eigenvalue weighted by Gasteiger charge is 2.14. The van der Waals surface area contributed by atoms with Crippen LogP contribution in [0.3, 0.4) is 0 Å². The predicted octanol–water partition coefficient (Wildman–Crippen LogP) is -0.0827. The van der Waals surface area contributed by atoms with Crippen LogP contribution in [-0.2, 0) is 11.3 Å². The number of aliphatic hydroxyl groups excluding tert-OH is 3. The Morgan fingerprint density at radius 3 is 2.33 bits per heavy atom. The zero-order valence-electron chi connectivity index (χ0n) is 8.41. The quantitative estimate of drug-likeness (QED) is 0.616. The Bertz CT molecular complexity index is 263. The lowest BCUT2D eigenvalue weighted by molar-refractivity contribution is -0.0600. The molecule has 0 unspecified atom stereocenters. The van der Waals surface area contributed by atoms with Gasteiger partial charge in [0, 0.05) is 0 Å². The Labute approximate surface area is 88.8 Å². The SMILES string of the molecule is OC[C@@H](O)[C@@H](O)COCc1ccccc1. The average Bonchev–Trinajstić information content (AvgIpc) is 2.29. The summed E-state index contributed by atoms with van der Waals surface area (Å²) in [4.78, 5) is 0. The summed E-state index contributed by atoms with van der Waals surface area (Å²) in [5.74, 6) is 0. The Hall–Kier alpha value is -0.940. The van der Waals surface area contributed by atoms with Crippen LogP contribution in [0.1, 0.15) is 5.56 Å². The van der Waals surface area contributed by atoms with E-state index >= 15 is 0 Å². The number of aliphatic hydroxyl groups is 3. The molecule has 1 aromatic carbocycles. The van der Waals surface area contributed by atoms with Crippen LogP contribution in [0.15, 0.2) is 30.3 Å². The standard InChI is InChI=1S/C11H16O4/c12-6-10(13)11(14)8-15-7-9-4-2-1-3-5-9/h1-5,10-14H,6-8H2/t10-,11+/m1/s1. The lowest BCUT2D eigenvalue weighted by Gasteiger charge is -2.15. The van der Waals surface area contributed by atoms with Gasteiger partial charge in [-0.3, -0.25) is 0 Å². The molecule has 0 heterocycles. The van der Waals surface area contributed by atoms with Gasteiger partial charge in [0.25, 0.3) is 0 Å². The Kier molecular flexibility index (Phi) is 5.28. The number of benzene rings is 1. The van der Waals surface area contributed by atoms with E-state index in [1.807, 2.05) is 30.3 Å². The monoisotopic (exact) mass is 212 g/mol. The topological polar surface area (TPSA) is 69.9 Å². The second kappa shape index (κ2) is 6.53. The molecule has 0 bridgehead atoms. The summed E-state index contributed by atoms with van der Waals surface area (Å²) in [6, 6.07) is 9.53. The molecular formula is C11H16O4. The molecule has 1 aromatic rings. The molecule has 3 N–H and O–H groups in total. The van der Waals surface area contributed by atoms with Gasteiger partial charge in [-0.2, -0.15) is 0 Å². The van der Waals surface area contributed by atoms with Crippen LogP contribution in [0.4, 0.5) is 0 Å². The van der Waals surface area contributed by atoms with Crippen molar-refractivity contribution >= 4 is 0 Å². The molecule has 0 radical (unpaired) electrons. The van der Waals surface area contributed by atoms with Crippen LogP contribution in [0.25, 0.3) is 0 Å². The van der Waals surface area contributed by atoms with Gasteiger partial charge in [-0.15, -0.1) is 0 Å². The molecular weight excluding hydrogens is 196 g/mol. The van der Waals surface area contributed by atoms with E-state index in [4.69, 9.17) is 14.9 Å². The third kappa shape index (κ3) is 4.40. The van der Waals surface area contributed by atoms with E-state index in [0.717, 1.165) is 5.56 Å². The highest BCUT2D eigenvalue weighted by atomic mass is 16.5. The molecule has 0 saturated carbocycles. The second-order valence-corrected chi connectivity index (χ2v) is 3.32. The largest absolute Gasteiger partial charge is 0.394 e. The molecule has 0 aliphatic rings. The highest BCUT2D eigenvalue weighted by Crippen LogP contribution is 2.02. The molecule has 4 nitrogen and oxygen atoms in total. The van der Waals surface area contributed by atoms with E-state index in [-0.39, 0.29) is 6.61 Å². The zero-order chi connectivity index (χ0) is 11.1. The summed E-state index contributed by atoms with van der Waals surface area (Å²) < 4.78 is 5.18. The smallest absolute Gasteiger partial charge is 0.105 e. The van der Waals surface area contributed by atoms with Gasteiger partial charge in [-0.25, -0.2) is 0 Å². The van der Waals surface area contributed by atoms with Crippen LogP contribution >= 0.6 is 0 Å². The van der Waals surface area contributed by atoms with Crippen LogP contribution in [-0.4, -0.2) is 40.7 Å². The van der Waals surface area contributed by atoms with Gasteiger partial charge < -0.3 is 20.1 Å². The third-order valence-electron chi connectivity index (χ3n) is 2.03. The molecule has 0 amide bonds. The summed E-state index contributed by atoms with van der Waals surface area (Å²) in [5, 5.41) is 26.9. The maximum atomic E-state index is 9.26. The van der Waals surface area contributed by atoms with Crippen molar-refractivity contribution in [1.82, 2.24) is 0 Å². The first-order valence-electron chi connectivity index (χ1n) is 4.82. The fourth-order valence-electron chi connectivity index (χ4n) is 1.10. The highest BCUT2D eigenvalue weighted by molar-refractivity contribution is 5.13. The van der Waals surface area contributed by atoms with Crippen LogP contribution in [0.5, 0.6) is 0 Å². The molecule has 4 heteroatoms. The zero-order valence-corrected chi connectivity index (χ0v) is 8.41. The lowest BCUT2D eigenvalue weighted by atomic mass is 10.2. The molecule has 0 aromatic heterocycles. The molecule has 0 aliphatic heterocycles. The van der Waals surface area contributed by atoms with Crippen LogP contribution < -0.4 is 0 Å². The van der Waals surface area contributed by atoms with Crippen molar-refractivity contribution in [3.63, 3.8) is 0 Å². The van der Waals surface area contributed by atoms with Crippen molar-refractivity contribution in [2.24, 2.45) is 0 Å². The molecule has 2 atom stereocenters. The first-order valence-corrected chi connectivity index (χ1v) is 4.82. The minimum Gasteiger partial charge on any atom is -0.394 e. The Morgan fingerprint density at radius 1 is 1.07 bits per heavy atom. The fourth-order valence-corrected chi connectivity index (χ4v) is 1.10. The normalized spacial score (nSPS) is 14.9. The van der Waals surface area contributed by atoms with E-state index in [1.165, 1.54) is 0 Å². The number of hydrogen-bond donors (Lipinski definition) is 3.